The van der Waals surface area contributed by atoms with Crippen LogP contribution in [0, 0.1) is 6.92 Å². The van der Waals surface area contributed by atoms with Gasteiger partial charge < -0.3 is 0 Å². The molecule has 1 saturated heterocycles. The highest BCUT2D eigenvalue weighted by Crippen LogP contribution is 2.50. The fourth-order valence-electron chi connectivity index (χ4n) is 4.52. The average Bonchev–Trinajstić information content (AvgIpc) is 2.79. The highest BCUT2D eigenvalue weighted by atomic mass is 15.5. The highest BCUT2D eigenvalue weighted by molar-refractivity contribution is 5.82. The molecule has 2 nitrogen and oxygen atoms in total. The van der Waals surface area contributed by atoms with Gasteiger partial charge in [-0.3, -0.25) is 9.38 Å². The predicted octanol–water partition coefficient (Wildman–Crippen LogP) is 4.98. The topological polar surface area (TPSA) is 3.24 Å². The van der Waals surface area contributed by atoms with Crippen molar-refractivity contribution >= 4 is 17.1 Å². The van der Waals surface area contributed by atoms with Gasteiger partial charge >= 0.3 is 0 Å². The first-order valence-electron chi connectivity index (χ1n) is 8.55. The molecule has 0 bridgehead atoms. The van der Waals surface area contributed by atoms with Crippen LogP contribution in [0.3, 0.4) is 0 Å². The van der Waals surface area contributed by atoms with Crippen LogP contribution in [0.25, 0.3) is 0 Å². The number of hydrogen-bond donors (Lipinski definition) is 0. The van der Waals surface area contributed by atoms with Crippen molar-refractivity contribution in [2.75, 3.05) is 18.0 Å². The Hall–Kier alpha value is -1.80. The van der Waals surface area contributed by atoms with E-state index >= 15 is 0 Å². The van der Waals surface area contributed by atoms with Gasteiger partial charge in [0.25, 0.3) is 0 Å². The second-order valence-corrected chi connectivity index (χ2v) is 6.82. The number of para-hydroxylation sites is 3. The van der Waals surface area contributed by atoms with Crippen molar-refractivity contribution in [1.82, 2.24) is 4.48 Å². The van der Waals surface area contributed by atoms with E-state index < -0.39 is 0 Å². The Kier molecular flexibility index (Phi) is 3.23. The van der Waals surface area contributed by atoms with Gasteiger partial charge in [-0.05, 0) is 43.9 Å². The molecule has 1 atom stereocenters. The van der Waals surface area contributed by atoms with E-state index in [-0.39, 0.29) is 0 Å². The van der Waals surface area contributed by atoms with Gasteiger partial charge in [0.2, 0.25) is 0 Å². The van der Waals surface area contributed by atoms with Crippen molar-refractivity contribution < 1.29 is 0 Å². The predicted molar refractivity (Wildman–Crippen MR) is 94.6 cm³/mol. The summed E-state index contributed by atoms with van der Waals surface area (Å²) in [6, 6.07) is 17.9. The molecule has 1 fully saturated rings. The monoisotopic (exact) mass is 293 g/mol. The van der Waals surface area contributed by atoms with Crippen LogP contribution in [0.4, 0.5) is 17.1 Å². The van der Waals surface area contributed by atoms with Gasteiger partial charge in [-0.1, -0.05) is 30.3 Å². The summed E-state index contributed by atoms with van der Waals surface area (Å²) in [6.07, 6.45) is 4.57. The zero-order valence-electron chi connectivity index (χ0n) is 13.6. The van der Waals surface area contributed by atoms with Crippen molar-refractivity contribution in [3.8, 4) is 0 Å². The molecule has 1 unspecified atom stereocenters. The summed E-state index contributed by atoms with van der Waals surface area (Å²) in [7, 11) is 0. The molecule has 114 valence electrons. The molecule has 0 saturated carbocycles. The standard InChI is InChI=1S/C20H25N2/c1-16-10-4-5-11-18(16)21-17(2)22(14-8-3-9-15-22)20-13-7-6-12-19(20)21/h4-7,10-13,17H,3,8-9,14-15H2,1-2H3/q+1. The maximum Gasteiger partial charge on any atom is 0.171 e. The van der Waals surface area contributed by atoms with Gasteiger partial charge in [0.05, 0.1) is 13.1 Å². The van der Waals surface area contributed by atoms with Gasteiger partial charge in [0.1, 0.15) is 5.69 Å². The minimum absolute atomic E-state index is 0.485. The summed E-state index contributed by atoms with van der Waals surface area (Å²) in [5.41, 5.74) is 5.66. The lowest BCUT2D eigenvalue weighted by Gasteiger charge is -2.42. The third kappa shape index (κ3) is 1.83. The van der Waals surface area contributed by atoms with Gasteiger partial charge in [-0.2, -0.15) is 0 Å². The summed E-state index contributed by atoms with van der Waals surface area (Å²) in [4.78, 5) is 2.58. The van der Waals surface area contributed by atoms with E-state index in [2.05, 4.69) is 67.3 Å². The molecule has 22 heavy (non-hydrogen) atoms. The fourth-order valence-corrected chi connectivity index (χ4v) is 4.52. The third-order valence-corrected chi connectivity index (χ3v) is 5.70. The largest absolute Gasteiger partial charge is 0.286 e. The van der Waals surface area contributed by atoms with E-state index in [0.717, 1.165) is 4.48 Å². The van der Waals surface area contributed by atoms with Crippen LogP contribution < -0.4 is 9.38 Å². The lowest BCUT2D eigenvalue weighted by Crippen LogP contribution is -2.59. The van der Waals surface area contributed by atoms with E-state index in [1.165, 1.54) is 55.0 Å². The van der Waals surface area contributed by atoms with Crippen molar-refractivity contribution in [3.63, 3.8) is 0 Å². The molecule has 2 heterocycles. The minimum atomic E-state index is 0.485. The number of quaternary nitrogens is 1. The number of benzene rings is 2. The highest BCUT2D eigenvalue weighted by Gasteiger charge is 2.49. The Bertz CT molecular complexity index is 686. The summed E-state index contributed by atoms with van der Waals surface area (Å²) in [5, 5.41) is 0. The minimum Gasteiger partial charge on any atom is -0.286 e. The number of anilines is 2. The smallest absolute Gasteiger partial charge is 0.171 e. The van der Waals surface area contributed by atoms with Crippen LogP contribution in [-0.4, -0.2) is 19.3 Å². The number of hydrogen-bond acceptors (Lipinski definition) is 1. The second-order valence-electron chi connectivity index (χ2n) is 6.82. The lowest BCUT2D eigenvalue weighted by molar-refractivity contribution is 0.194. The van der Waals surface area contributed by atoms with E-state index in [1.807, 2.05) is 0 Å². The number of nitrogens with zero attached hydrogens (tertiary/aromatic N) is 2. The van der Waals surface area contributed by atoms with Gasteiger partial charge in [0.15, 0.2) is 11.9 Å². The first-order chi connectivity index (χ1) is 10.7. The van der Waals surface area contributed by atoms with Crippen molar-refractivity contribution in [3.05, 3.63) is 54.1 Å². The maximum absolute atomic E-state index is 2.58. The normalized spacial score (nSPS) is 22.8. The van der Waals surface area contributed by atoms with Crippen molar-refractivity contribution in [2.24, 2.45) is 0 Å². The molecule has 0 radical (unpaired) electrons. The van der Waals surface area contributed by atoms with E-state index in [9.17, 15) is 0 Å². The second kappa shape index (κ2) is 5.13. The van der Waals surface area contributed by atoms with E-state index in [4.69, 9.17) is 0 Å². The summed E-state index contributed by atoms with van der Waals surface area (Å²) >= 11 is 0. The zero-order chi connectivity index (χ0) is 15.2. The van der Waals surface area contributed by atoms with Gasteiger partial charge in [-0.25, -0.2) is 0 Å². The molecule has 0 aromatic heterocycles. The van der Waals surface area contributed by atoms with Crippen LogP contribution >= 0.6 is 0 Å². The third-order valence-electron chi connectivity index (χ3n) is 5.70. The Balaban J connectivity index is 1.89. The first kappa shape index (κ1) is 13.8. The molecule has 4 rings (SSSR count). The van der Waals surface area contributed by atoms with Crippen LogP contribution in [0.2, 0.25) is 0 Å². The van der Waals surface area contributed by atoms with Crippen LogP contribution in [-0.2, 0) is 0 Å². The molecule has 0 N–H and O–H groups in total. The Morgan fingerprint density at radius 1 is 0.864 bits per heavy atom. The molecule has 1 spiro atoms. The summed E-state index contributed by atoms with van der Waals surface area (Å²) < 4.78 is 1.14. The Morgan fingerprint density at radius 2 is 1.50 bits per heavy atom. The number of aryl methyl sites for hydroxylation is 1. The molecule has 2 aliphatic heterocycles. The molecule has 2 aliphatic rings. The lowest BCUT2D eigenvalue weighted by atomic mass is 10.1. The van der Waals surface area contributed by atoms with E-state index in [0.29, 0.717) is 6.17 Å². The Morgan fingerprint density at radius 3 is 2.23 bits per heavy atom. The van der Waals surface area contributed by atoms with E-state index in [1.54, 1.807) is 0 Å². The molecule has 2 heteroatoms. The SMILES string of the molecule is Cc1ccccc1N1c2ccccc2[N+]2(CCCCC2)C1C. The van der Waals surface area contributed by atoms with Crippen LogP contribution in [0.1, 0.15) is 31.7 Å². The first-order valence-corrected chi connectivity index (χ1v) is 8.55. The van der Waals surface area contributed by atoms with Crippen LogP contribution in [0.5, 0.6) is 0 Å². The molecular formula is C20H25N2+. The average molecular weight is 293 g/mol. The molecule has 2 aromatic rings. The van der Waals surface area contributed by atoms with Crippen LogP contribution in [0.15, 0.2) is 48.5 Å². The summed E-state index contributed by atoms with van der Waals surface area (Å²) in [5.74, 6) is 0. The Labute approximate surface area is 133 Å². The number of piperidine rings is 1. The molecule has 0 aliphatic carbocycles. The van der Waals surface area contributed by atoms with Gasteiger partial charge in [0, 0.05) is 18.7 Å². The summed E-state index contributed by atoms with van der Waals surface area (Å²) in [6.45, 7) is 7.20. The maximum atomic E-state index is 2.58. The van der Waals surface area contributed by atoms with Crippen molar-refractivity contribution in [2.45, 2.75) is 39.3 Å². The molecule has 2 aromatic carbocycles. The molecular weight excluding hydrogens is 268 g/mol. The number of fused-ring (bicyclic) bond motifs is 2. The zero-order valence-corrected chi connectivity index (χ0v) is 13.6. The van der Waals surface area contributed by atoms with Crippen molar-refractivity contribution in [1.29, 1.82) is 0 Å². The van der Waals surface area contributed by atoms with Gasteiger partial charge in [-0.15, -0.1) is 0 Å². The quantitative estimate of drug-likeness (QED) is 0.670. The fraction of sp³-hybridized carbons (Fsp3) is 0.400. The molecule has 0 amide bonds. The number of rotatable bonds is 1.